The van der Waals surface area contributed by atoms with Gasteiger partial charge in [-0.2, -0.15) is 0 Å². The lowest BCUT2D eigenvalue weighted by Crippen LogP contribution is -2.17. The first-order valence-electron chi connectivity index (χ1n) is 6.70. The molecule has 0 saturated carbocycles. The normalized spacial score (nSPS) is 9.86. The molecule has 22 heavy (non-hydrogen) atoms. The van der Waals surface area contributed by atoms with E-state index >= 15 is 0 Å². The molecule has 2 aromatic rings. The van der Waals surface area contributed by atoms with Gasteiger partial charge in [0.05, 0.1) is 5.69 Å². The van der Waals surface area contributed by atoms with E-state index in [0.717, 1.165) is 0 Å². The fraction of sp³-hybridized carbons (Fsp3) is 0.118. The first-order valence-corrected chi connectivity index (χ1v) is 6.70. The van der Waals surface area contributed by atoms with Crippen LogP contribution in [-0.4, -0.2) is 24.3 Å². The predicted molar refractivity (Wildman–Crippen MR) is 81.8 cm³/mol. The Kier molecular flexibility index (Phi) is 5.03. The number of anilines is 1. The molecule has 0 fully saturated rings. The molecule has 0 saturated heterocycles. The maximum atomic E-state index is 12.1. The van der Waals surface area contributed by atoms with E-state index in [2.05, 4.69) is 5.32 Å². The minimum Gasteiger partial charge on any atom is -0.457 e. The van der Waals surface area contributed by atoms with Crippen molar-refractivity contribution >= 4 is 23.3 Å². The number of carbonyl (C=O) groups is 3. The van der Waals surface area contributed by atoms with E-state index < -0.39 is 5.97 Å². The van der Waals surface area contributed by atoms with Gasteiger partial charge in [0.15, 0.2) is 6.61 Å². The van der Waals surface area contributed by atoms with E-state index in [1.807, 2.05) is 6.07 Å². The van der Waals surface area contributed by atoms with E-state index in [1.54, 1.807) is 48.5 Å². The molecule has 0 bridgehead atoms. The Morgan fingerprint density at radius 3 is 2.27 bits per heavy atom. The first-order chi connectivity index (χ1) is 10.6. The molecule has 0 unspecified atom stereocenters. The fourth-order valence-electron chi connectivity index (χ4n) is 1.86. The number of rotatable bonds is 5. The summed E-state index contributed by atoms with van der Waals surface area (Å²) >= 11 is 0. The second-order valence-corrected chi connectivity index (χ2v) is 4.57. The molecule has 5 nitrogen and oxygen atoms in total. The average molecular weight is 297 g/mol. The molecule has 2 aromatic carbocycles. The Hall–Kier alpha value is -2.95. The molecule has 2 rings (SSSR count). The Morgan fingerprint density at radius 2 is 1.59 bits per heavy atom. The second kappa shape index (κ2) is 7.17. The summed E-state index contributed by atoms with van der Waals surface area (Å²) < 4.78 is 4.70. The van der Waals surface area contributed by atoms with Crippen LogP contribution < -0.4 is 5.32 Å². The Morgan fingerprint density at radius 1 is 0.955 bits per heavy atom. The number of benzene rings is 2. The van der Waals surface area contributed by atoms with Gasteiger partial charge in [-0.3, -0.25) is 14.4 Å². The van der Waals surface area contributed by atoms with Gasteiger partial charge in [-0.05, 0) is 24.3 Å². The van der Waals surface area contributed by atoms with Crippen molar-refractivity contribution in [1.29, 1.82) is 0 Å². The molecule has 0 radical (unpaired) electrons. The maximum Gasteiger partial charge on any atom is 0.303 e. The van der Waals surface area contributed by atoms with Gasteiger partial charge in [-0.1, -0.05) is 30.3 Å². The van der Waals surface area contributed by atoms with Gasteiger partial charge in [-0.15, -0.1) is 0 Å². The highest BCUT2D eigenvalue weighted by Crippen LogP contribution is 2.17. The Balaban J connectivity index is 2.16. The van der Waals surface area contributed by atoms with E-state index in [-0.39, 0.29) is 18.3 Å². The summed E-state index contributed by atoms with van der Waals surface area (Å²) in [6, 6.07) is 15.3. The van der Waals surface area contributed by atoms with Crippen molar-refractivity contribution in [1.82, 2.24) is 0 Å². The zero-order valence-electron chi connectivity index (χ0n) is 12.0. The van der Waals surface area contributed by atoms with Crippen molar-refractivity contribution in [2.45, 2.75) is 6.92 Å². The molecule has 0 aliphatic carbocycles. The number of amides is 1. The number of para-hydroxylation sites is 1. The monoisotopic (exact) mass is 297 g/mol. The Bertz CT molecular complexity index is 695. The molecule has 0 atom stereocenters. The van der Waals surface area contributed by atoms with E-state index in [4.69, 9.17) is 4.74 Å². The predicted octanol–water partition coefficient (Wildman–Crippen LogP) is 2.68. The standard InChI is InChI=1S/C17H15NO4/c1-12(19)22-11-16(20)14-9-5-6-10-15(14)18-17(21)13-7-3-2-4-8-13/h2-10H,11H2,1H3,(H,18,21). The summed E-state index contributed by atoms with van der Waals surface area (Å²) in [5.41, 5.74) is 1.17. The molecule has 0 aliphatic rings. The van der Waals surface area contributed by atoms with E-state index in [9.17, 15) is 14.4 Å². The molecular weight excluding hydrogens is 282 g/mol. The maximum absolute atomic E-state index is 12.1. The lowest BCUT2D eigenvalue weighted by atomic mass is 10.1. The summed E-state index contributed by atoms with van der Waals surface area (Å²) in [7, 11) is 0. The number of carbonyl (C=O) groups excluding carboxylic acids is 3. The summed E-state index contributed by atoms with van der Waals surface area (Å²) in [5.74, 6) is -1.22. The molecular formula is C17H15NO4. The van der Waals surface area contributed by atoms with Crippen LogP contribution in [0.5, 0.6) is 0 Å². The Labute approximate surface area is 127 Å². The number of hydrogen-bond donors (Lipinski definition) is 1. The summed E-state index contributed by atoms with van der Waals surface area (Å²) in [5, 5.41) is 2.70. The highest BCUT2D eigenvalue weighted by molar-refractivity contribution is 6.09. The van der Waals surface area contributed by atoms with Crippen LogP contribution in [0.2, 0.25) is 0 Å². The highest BCUT2D eigenvalue weighted by Gasteiger charge is 2.14. The number of nitrogens with one attached hydrogen (secondary N) is 1. The van der Waals surface area contributed by atoms with Gasteiger partial charge in [0.2, 0.25) is 5.78 Å². The number of Topliss-reactive ketones (excluding diaryl/α,β-unsaturated/α-hetero) is 1. The number of esters is 1. The van der Waals surface area contributed by atoms with Crippen molar-refractivity contribution in [2.75, 3.05) is 11.9 Å². The lowest BCUT2D eigenvalue weighted by molar-refractivity contribution is -0.139. The van der Waals surface area contributed by atoms with Crippen LogP contribution in [0, 0.1) is 0 Å². The minimum atomic E-state index is -0.529. The topological polar surface area (TPSA) is 72.5 Å². The van der Waals surface area contributed by atoms with Crippen molar-refractivity contribution in [3.63, 3.8) is 0 Å². The third-order valence-corrected chi connectivity index (χ3v) is 2.92. The number of ketones is 1. The average Bonchev–Trinajstić information content (AvgIpc) is 2.54. The van der Waals surface area contributed by atoms with Gasteiger partial charge in [0.1, 0.15) is 0 Å². The molecule has 5 heteroatoms. The molecule has 0 aliphatic heterocycles. The van der Waals surface area contributed by atoms with Crippen molar-refractivity contribution in [3.8, 4) is 0 Å². The van der Waals surface area contributed by atoms with Crippen LogP contribution in [0.3, 0.4) is 0 Å². The van der Waals surface area contributed by atoms with Crippen LogP contribution >= 0.6 is 0 Å². The summed E-state index contributed by atoms with van der Waals surface area (Å²) in [4.78, 5) is 35.0. The van der Waals surface area contributed by atoms with Gasteiger partial charge < -0.3 is 10.1 Å². The molecule has 0 aromatic heterocycles. The lowest BCUT2D eigenvalue weighted by Gasteiger charge is -2.10. The third-order valence-electron chi connectivity index (χ3n) is 2.92. The third kappa shape index (κ3) is 4.02. The number of ether oxygens (including phenoxy) is 1. The van der Waals surface area contributed by atoms with Crippen molar-refractivity contribution in [3.05, 3.63) is 65.7 Å². The van der Waals surface area contributed by atoms with Gasteiger partial charge >= 0.3 is 5.97 Å². The molecule has 0 spiro atoms. The summed E-state index contributed by atoms with van der Waals surface area (Å²) in [6.45, 7) is 0.879. The molecule has 112 valence electrons. The molecule has 0 heterocycles. The highest BCUT2D eigenvalue weighted by atomic mass is 16.5. The van der Waals surface area contributed by atoms with Crippen LogP contribution in [0.25, 0.3) is 0 Å². The van der Waals surface area contributed by atoms with Gasteiger partial charge in [-0.25, -0.2) is 0 Å². The zero-order chi connectivity index (χ0) is 15.9. The van der Waals surface area contributed by atoms with Crippen LogP contribution in [0.1, 0.15) is 27.6 Å². The zero-order valence-corrected chi connectivity index (χ0v) is 12.0. The van der Waals surface area contributed by atoms with Crippen LogP contribution in [0.4, 0.5) is 5.69 Å². The van der Waals surface area contributed by atoms with E-state index in [0.29, 0.717) is 16.8 Å². The van der Waals surface area contributed by atoms with Gasteiger partial charge in [0, 0.05) is 18.1 Å². The minimum absolute atomic E-state index is 0.299. The second-order valence-electron chi connectivity index (χ2n) is 4.57. The van der Waals surface area contributed by atoms with E-state index in [1.165, 1.54) is 6.92 Å². The van der Waals surface area contributed by atoms with Crippen LogP contribution in [-0.2, 0) is 9.53 Å². The largest absolute Gasteiger partial charge is 0.457 e. The number of hydrogen-bond acceptors (Lipinski definition) is 4. The SMILES string of the molecule is CC(=O)OCC(=O)c1ccccc1NC(=O)c1ccccc1. The fourth-order valence-corrected chi connectivity index (χ4v) is 1.86. The summed E-state index contributed by atoms with van der Waals surface area (Å²) in [6.07, 6.45) is 0. The first kappa shape index (κ1) is 15.4. The molecule has 1 N–H and O–H groups in total. The van der Waals surface area contributed by atoms with Crippen LogP contribution in [0.15, 0.2) is 54.6 Å². The van der Waals surface area contributed by atoms with Gasteiger partial charge in [0.25, 0.3) is 5.91 Å². The smallest absolute Gasteiger partial charge is 0.303 e. The molecule has 1 amide bonds. The quantitative estimate of drug-likeness (QED) is 0.680. The van der Waals surface area contributed by atoms with Crippen molar-refractivity contribution < 1.29 is 19.1 Å². The van der Waals surface area contributed by atoms with Crippen molar-refractivity contribution in [2.24, 2.45) is 0 Å².